The van der Waals surface area contributed by atoms with Gasteiger partial charge in [-0.15, -0.1) is 11.3 Å². The second-order valence-electron chi connectivity index (χ2n) is 7.07. The Morgan fingerprint density at radius 3 is 2.75 bits per heavy atom. The monoisotopic (exact) mass is 468 g/mol. The molecular formula is C22H14ClFN4O3S. The van der Waals surface area contributed by atoms with Crippen LogP contribution in [0.1, 0.15) is 11.5 Å². The average Bonchev–Trinajstić information content (AvgIpc) is 3.44. The second kappa shape index (κ2) is 7.85. The molecule has 0 spiro atoms. The van der Waals surface area contributed by atoms with E-state index in [4.69, 9.17) is 16.1 Å². The van der Waals surface area contributed by atoms with E-state index < -0.39 is 11.5 Å². The maximum Gasteiger partial charge on any atom is 0.336 e. The summed E-state index contributed by atoms with van der Waals surface area (Å²) in [6.07, 6.45) is 0. The molecule has 3 heterocycles. The quantitative estimate of drug-likeness (QED) is 0.390. The van der Waals surface area contributed by atoms with Gasteiger partial charge in [-0.3, -0.25) is 9.36 Å². The number of halogens is 2. The summed E-state index contributed by atoms with van der Waals surface area (Å²) in [4.78, 5) is 30.8. The maximum atomic E-state index is 13.8. The highest BCUT2D eigenvalue weighted by atomic mass is 35.5. The first-order valence-electron chi connectivity index (χ1n) is 9.51. The van der Waals surface area contributed by atoms with Gasteiger partial charge in [-0.25, -0.2) is 13.8 Å². The molecule has 0 aliphatic heterocycles. The van der Waals surface area contributed by atoms with Crippen molar-refractivity contribution >= 4 is 33.2 Å². The smallest absolute Gasteiger partial charge is 0.336 e. The lowest BCUT2D eigenvalue weighted by Crippen LogP contribution is -2.39. The van der Waals surface area contributed by atoms with E-state index in [0.29, 0.717) is 21.5 Å². The molecule has 0 aliphatic rings. The summed E-state index contributed by atoms with van der Waals surface area (Å²) < 4.78 is 22.1. The third-order valence-electron chi connectivity index (χ3n) is 5.05. The number of aromatic nitrogens is 4. The Hall–Kier alpha value is -3.56. The summed E-state index contributed by atoms with van der Waals surface area (Å²) in [6.45, 7) is 1.78. The van der Waals surface area contributed by atoms with Gasteiger partial charge < -0.3 is 4.52 Å². The highest BCUT2D eigenvalue weighted by Gasteiger charge is 2.19. The van der Waals surface area contributed by atoms with E-state index in [-0.39, 0.29) is 28.8 Å². The number of nitrogens with zero attached hydrogens (tertiary/aromatic N) is 4. The summed E-state index contributed by atoms with van der Waals surface area (Å²) in [5.41, 5.74) is 1.27. The van der Waals surface area contributed by atoms with Crippen LogP contribution in [-0.2, 0) is 6.54 Å². The van der Waals surface area contributed by atoms with Crippen molar-refractivity contribution in [3.8, 4) is 17.1 Å². The van der Waals surface area contributed by atoms with Gasteiger partial charge in [-0.1, -0.05) is 35.0 Å². The van der Waals surface area contributed by atoms with Gasteiger partial charge >= 0.3 is 5.69 Å². The minimum Gasteiger partial charge on any atom is -0.337 e. The molecule has 0 aliphatic carbocycles. The lowest BCUT2D eigenvalue weighted by molar-refractivity contribution is 0.370. The molecule has 5 aromatic rings. The molecule has 0 saturated heterocycles. The van der Waals surface area contributed by atoms with Crippen LogP contribution in [0.25, 0.3) is 27.3 Å². The molecule has 0 fully saturated rings. The molecule has 0 amide bonds. The van der Waals surface area contributed by atoms with E-state index in [2.05, 4.69) is 10.1 Å². The highest BCUT2D eigenvalue weighted by Crippen LogP contribution is 2.23. The van der Waals surface area contributed by atoms with E-state index in [9.17, 15) is 14.0 Å². The van der Waals surface area contributed by atoms with Crippen LogP contribution in [0.4, 0.5) is 4.39 Å². The Morgan fingerprint density at radius 1 is 1.16 bits per heavy atom. The predicted octanol–water partition coefficient (Wildman–Crippen LogP) is 4.41. The van der Waals surface area contributed by atoms with Crippen LogP contribution in [0.5, 0.6) is 0 Å². The molecule has 0 N–H and O–H groups in total. The van der Waals surface area contributed by atoms with Gasteiger partial charge in [0.15, 0.2) is 0 Å². The minimum absolute atomic E-state index is 0.0117. The molecule has 0 radical (unpaired) electrons. The summed E-state index contributed by atoms with van der Waals surface area (Å²) in [6, 6.07) is 13.1. The van der Waals surface area contributed by atoms with Gasteiger partial charge in [-0.2, -0.15) is 4.98 Å². The predicted molar refractivity (Wildman–Crippen MR) is 120 cm³/mol. The molecule has 0 saturated carbocycles. The Morgan fingerprint density at radius 2 is 1.97 bits per heavy atom. The number of fused-ring (bicyclic) bond motifs is 1. The van der Waals surface area contributed by atoms with E-state index in [0.717, 1.165) is 10.1 Å². The largest absolute Gasteiger partial charge is 0.337 e. The van der Waals surface area contributed by atoms with Crippen LogP contribution >= 0.6 is 22.9 Å². The van der Waals surface area contributed by atoms with E-state index in [1.807, 2.05) is 19.1 Å². The molecule has 0 unspecified atom stereocenters. The van der Waals surface area contributed by atoms with Crippen molar-refractivity contribution in [1.82, 2.24) is 19.3 Å². The average molecular weight is 469 g/mol. The molecule has 0 bridgehead atoms. The zero-order valence-corrected chi connectivity index (χ0v) is 18.2. The van der Waals surface area contributed by atoms with E-state index >= 15 is 0 Å². The SMILES string of the molecule is Cc1ccccc1-n1c(=O)c2sccc2n(Cc2nc(-c3ccc(Cl)c(F)c3)no2)c1=O. The van der Waals surface area contributed by atoms with Crippen molar-refractivity contribution in [3.05, 3.63) is 97.0 Å². The zero-order valence-electron chi connectivity index (χ0n) is 16.6. The molecule has 7 nitrogen and oxygen atoms in total. The van der Waals surface area contributed by atoms with Gasteiger partial charge in [0.25, 0.3) is 5.56 Å². The van der Waals surface area contributed by atoms with Crippen LogP contribution in [0.2, 0.25) is 5.02 Å². The first kappa shape index (κ1) is 20.3. The standard InChI is InChI=1S/C22H14ClFN4O3S/c1-12-4-2-3-5-16(12)28-21(29)19-17(8-9-32-19)27(22(28)30)11-18-25-20(26-31-18)13-6-7-14(23)15(24)10-13/h2-10H,11H2,1H3. The first-order valence-corrected chi connectivity index (χ1v) is 10.8. The number of rotatable bonds is 4. The normalized spacial score (nSPS) is 11.3. The van der Waals surface area contributed by atoms with Gasteiger partial charge in [0.2, 0.25) is 11.7 Å². The van der Waals surface area contributed by atoms with Gasteiger partial charge in [-0.05, 0) is 48.2 Å². The number of hydrogen-bond donors (Lipinski definition) is 0. The molecule has 3 aromatic heterocycles. The van der Waals surface area contributed by atoms with E-state index in [1.165, 1.54) is 28.0 Å². The Balaban J connectivity index is 1.63. The molecule has 32 heavy (non-hydrogen) atoms. The van der Waals surface area contributed by atoms with Crippen LogP contribution in [0.15, 0.2) is 68.0 Å². The Kier molecular flexibility index (Phi) is 4.99. The number of thiophene rings is 1. The second-order valence-corrected chi connectivity index (χ2v) is 8.39. The summed E-state index contributed by atoms with van der Waals surface area (Å²) in [7, 11) is 0. The summed E-state index contributed by atoms with van der Waals surface area (Å²) in [5.74, 6) is -0.297. The van der Waals surface area contributed by atoms with E-state index in [1.54, 1.807) is 29.6 Å². The van der Waals surface area contributed by atoms with Gasteiger partial charge in [0.05, 0.1) is 16.2 Å². The van der Waals surface area contributed by atoms with Crippen molar-refractivity contribution in [2.75, 3.05) is 0 Å². The number of aryl methyl sites for hydroxylation is 1. The van der Waals surface area contributed by atoms with Gasteiger partial charge in [0.1, 0.15) is 17.1 Å². The van der Waals surface area contributed by atoms with Crippen molar-refractivity contribution in [1.29, 1.82) is 0 Å². The van der Waals surface area contributed by atoms with Crippen LogP contribution < -0.4 is 11.2 Å². The van der Waals surface area contributed by atoms with Crippen molar-refractivity contribution in [3.63, 3.8) is 0 Å². The van der Waals surface area contributed by atoms with Crippen LogP contribution in [0, 0.1) is 12.7 Å². The lowest BCUT2D eigenvalue weighted by atomic mass is 10.2. The highest BCUT2D eigenvalue weighted by molar-refractivity contribution is 7.17. The van der Waals surface area contributed by atoms with Crippen molar-refractivity contribution in [2.45, 2.75) is 13.5 Å². The molecule has 2 aromatic carbocycles. The number of hydrogen-bond acceptors (Lipinski definition) is 6. The fourth-order valence-corrected chi connectivity index (χ4v) is 4.42. The molecule has 5 rings (SSSR count). The maximum absolute atomic E-state index is 13.8. The van der Waals surface area contributed by atoms with Crippen LogP contribution in [0.3, 0.4) is 0 Å². The Labute approximate surface area is 188 Å². The summed E-state index contributed by atoms with van der Waals surface area (Å²) >= 11 is 6.98. The third-order valence-corrected chi connectivity index (χ3v) is 6.25. The van der Waals surface area contributed by atoms with Crippen LogP contribution in [-0.4, -0.2) is 19.3 Å². The topological polar surface area (TPSA) is 82.9 Å². The Bertz CT molecular complexity index is 1600. The molecule has 160 valence electrons. The first-order chi connectivity index (χ1) is 15.4. The molecule has 0 atom stereocenters. The fourth-order valence-electron chi connectivity index (χ4n) is 3.47. The molecular weight excluding hydrogens is 455 g/mol. The number of para-hydroxylation sites is 1. The third kappa shape index (κ3) is 3.35. The lowest BCUT2D eigenvalue weighted by Gasteiger charge is -2.12. The fraction of sp³-hybridized carbons (Fsp3) is 0.0909. The minimum atomic E-state index is -0.600. The number of benzene rings is 2. The molecule has 10 heteroatoms. The van der Waals surface area contributed by atoms with Gasteiger partial charge in [0, 0.05) is 5.56 Å². The summed E-state index contributed by atoms with van der Waals surface area (Å²) in [5, 5.41) is 5.62. The van der Waals surface area contributed by atoms with Crippen molar-refractivity contribution in [2.24, 2.45) is 0 Å². The van der Waals surface area contributed by atoms with Crippen molar-refractivity contribution < 1.29 is 8.91 Å². The zero-order chi connectivity index (χ0) is 22.4.